The second-order valence-electron chi connectivity index (χ2n) is 5.66. The predicted octanol–water partition coefficient (Wildman–Crippen LogP) is 2.92. The fourth-order valence-electron chi connectivity index (χ4n) is 1.66. The maximum atomic E-state index is 9.78. The van der Waals surface area contributed by atoms with E-state index in [9.17, 15) is 5.11 Å². The number of aliphatic hydroxyl groups excluding tert-OH is 1. The molecule has 0 spiro atoms. The van der Waals surface area contributed by atoms with Crippen LogP contribution in [0.1, 0.15) is 27.7 Å². The number of anilines is 1. The summed E-state index contributed by atoms with van der Waals surface area (Å²) >= 11 is 0. The van der Waals surface area contributed by atoms with Gasteiger partial charge < -0.3 is 19.9 Å². The summed E-state index contributed by atoms with van der Waals surface area (Å²) < 4.78 is 11.0. The Bertz CT molecular complexity index is 362. The topological polar surface area (TPSA) is 50.7 Å². The molecule has 0 bridgehead atoms. The Balaban J connectivity index is 2.27. The minimum Gasteiger partial charge on any atom is -0.491 e. The molecule has 1 atom stereocenters. The molecule has 0 amide bonds. The fraction of sp³-hybridized carbons (Fsp3) is 0.625. The van der Waals surface area contributed by atoms with Gasteiger partial charge in [-0.15, -0.1) is 0 Å². The third kappa shape index (κ3) is 7.36. The molecule has 0 saturated heterocycles. The minimum absolute atomic E-state index is 0.175. The number of rotatable bonds is 9. The quantitative estimate of drug-likeness (QED) is 0.731. The lowest BCUT2D eigenvalue weighted by molar-refractivity contribution is 0.0318. The first kappa shape index (κ1) is 16.8. The highest BCUT2D eigenvalue weighted by Crippen LogP contribution is 2.16. The summed E-state index contributed by atoms with van der Waals surface area (Å²) in [5.41, 5.74) is 0.962. The molecule has 1 unspecified atom stereocenters. The van der Waals surface area contributed by atoms with E-state index < -0.39 is 6.10 Å². The highest BCUT2D eigenvalue weighted by molar-refractivity contribution is 5.46. The van der Waals surface area contributed by atoms with Gasteiger partial charge in [0.15, 0.2) is 0 Å². The van der Waals surface area contributed by atoms with Gasteiger partial charge in [-0.1, -0.05) is 13.8 Å². The Labute approximate surface area is 122 Å². The van der Waals surface area contributed by atoms with Crippen molar-refractivity contribution in [2.45, 2.75) is 39.9 Å². The summed E-state index contributed by atoms with van der Waals surface area (Å²) in [6.45, 7) is 9.69. The van der Waals surface area contributed by atoms with Gasteiger partial charge in [-0.2, -0.15) is 0 Å². The number of benzene rings is 1. The molecule has 0 fully saturated rings. The van der Waals surface area contributed by atoms with Crippen molar-refractivity contribution in [1.29, 1.82) is 0 Å². The van der Waals surface area contributed by atoms with E-state index in [1.165, 1.54) is 0 Å². The Morgan fingerprint density at radius 2 is 1.70 bits per heavy atom. The summed E-state index contributed by atoms with van der Waals surface area (Å²) in [6.07, 6.45) is -0.325. The molecule has 0 aromatic heterocycles. The number of aliphatic hydroxyl groups is 1. The van der Waals surface area contributed by atoms with Crippen molar-refractivity contribution in [2.75, 3.05) is 25.1 Å². The highest BCUT2D eigenvalue weighted by Gasteiger charge is 2.05. The van der Waals surface area contributed by atoms with E-state index in [0.29, 0.717) is 25.7 Å². The van der Waals surface area contributed by atoms with Crippen molar-refractivity contribution in [3.8, 4) is 5.75 Å². The van der Waals surface area contributed by atoms with Gasteiger partial charge in [0.2, 0.25) is 0 Å². The van der Waals surface area contributed by atoms with Gasteiger partial charge in [0.25, 0.3) is 0 Å². The van der Waals surface area contributed by atoms with Crippen molar-refractivity contribution >= 4 is 5.69 Å². The molecule has 4 nitrogen and oxygen atoms in total. The van der Waals surface area contributed by atoms with Crippen LogP contribution in [0.5, 0.6) is 5.75 Å². The molecule has 2 N–H and O–H groups in total. The Hall–Kier alpha value is -1.26. The van der Waals surface area contributed by atoms with Gasteiger partial charge in [0, 0.05) is 18.8 Å². The lowest BCUT2D eigenvalue weighted by Crippen LogP contribution is -2.25. The molecule has 4 heteroatoms. The summed E-state index contributed by atoms with van der Waals surface area (Å²) in [5, 5.41) is 13.0. The van der Waals surface area contributed by atoms with Gasteiger partial charge in [-0.25, -0.2) is 0 Å². The average molecular weight is 281 g/mol. The summed E-state index contributed by atoms with van der Waals surface area (Å²) in [6, 6.07) is 7.73. The van der Waals surface area contributed by atoms with Crippen LogP contribution in [0.3, 0.4) is 0 Å². The average Bonchev–Trinajstić information content (AvgIpc) is 2.37. The van der Waals surface area contributed by atoms with Crippen molar-refractivity contribution in [3.63, 3.8) is 0 Å². The van der Waals surface area contributed by atoms with Crippen LogP contribution in [0.25, 0.3) is 0 Å². The third-order valence-corrected chi connectivity index (χ3v) is 2.53. The Morgan fingerprint density at radius 1 is 1.05 bits per heavy atom. The van der Waals surface area contributed by atoms with Crippen LogP contribution in [0.4, 0.5) is 5.69 Å². The van der Waals surface area contributed by atoms with E-state index in [0.717, 1.165) is 11.4 Å². The fourth-order valence-corrected chi connectivity index (χ4v) is 1.66. The van der Waals surface area contributed by atoms with Crippen molar-refractivity contribution in [3.05, 3.63) is 24.3 Å². The van der Waals surface area contributed by atoms with Crippen molar-refractivity contribution in [2.24, 2.45) is 5.92 Å². The summed E-state index contributed by atoms with van der Waals surface area (Å²) in [7, 11) is 0. The van der Waals surface area contributed by atoms with Crippen LogP contribution in [0.2, 0.25) is 0 Å². The van der Waals surface area contributed by atoms with Crippen LogP contribution in [-0.2, 0) is 4.74 Å². The van der Waals surface area contributed by atoms with Crippen LogP contribution >= 0.6 is 0 Å². The van der Waals surface area contributed by atoms with Crippen molar-refractivity contribution < 1.29 is 14.6 Å². The molecule has 0 aliphatic heterocycles. The molecule has 0 heterocycles. The van der Waals surface area contributed by atoms with E-state index in [1.807, 2.05) is 38.1 Å². The second kappa shape index (κ2) is 8.82. The molecule has 114 valence electrons. The van der Waals surface area contributed by atoms with Gasteiger partial charge in [0.05, 0.1) is 18.8 Å². The second-order valence-corrected chi connectivity index (χ2v) is 5.66. The maximum Gasteiger partial charge on any atom is 0.119 e. The standard InChI is InChI=1S/C16H27NO3/c1-12(2)10-19-11-15(18)9-17-14-5-7-16(8-6-14)20-13(3)4/h5-8,12-13,15,17-18H,9-11H2,1-4H3. The minimum atomic E-state index is -0.500. The Morgan fingerprint density at radius 3 is 2.25 bits per heavy atom. The first-order valence-electron chi connectivity index (χ1n) is 7.23. The number of nitrogens with one attached hydrogen (secondary N) is 1. The largest absolute Gasteiger partial charge is 0.491 e. The SMILES string of the molecule is CC(C)COCC(O)CNc1ccc(OC(C)C)cc1. The molecular weight excluding hydrogens is 254 g/mol. The molecule has 0 radical (unpaired) electrons. The van der Waals surface area contributed by atoms with E-state index >= 15 is 0 Å². The molecular formula is C16H27NO3. The molecule has 0 saturated carbocycles. The molecule has 1 aromatic carbocycles. The maximum absolute atomic E-state index is 9.78. The zero-order chi connectivity index (χ0) is 15.0. The van der Waals surface area contributed by atoms with E-state index in [2.05, 4.69) is 19.2 Å². The van der Waals surface area contributed by atoms with Gasteiger partial charge in [-0.3, -0.25) is 0 Å². The Kier molecular flexibility index (Phi) is 7.41. The first-order chi connectivity index (χ1) is 9.47. The summed E-state index contributed by atoms with van der Waals surface area (Å²) in [4.78, 5) is 0. The molecule has 0 aliphatic rings. The van der Waals surface area contributed by atoms with Gasteiger partial charge in [0.1, 0.15) is 5.75 Å². The van der Waals surface area contributed by atoms with Crippen LogP contribution < -0.4 is 10.1 Å². The van der Waals surface area contributed by atoms with Crippen LogP contribution in [0, 0.1) is 5.92 Å². The van der Waals surface area contributed by atoms with Crippen LogP contribution in [-0.4, -0.2) is 37.1 Å². The smallest absolute Gasteiger partial charge is 0.119 e. The number of hydrogen-bond donors (Lipinski definition) is 2. The molecule has 0 aliphatic carbocycles. The third-order valence-electron chi connectivity index (χ3n) is 2.53. The number of ether oxygens (including phenoxy) is 2. The zero-order valence-electron chi connectivity index (χ0n) is 12.9. The lowest BCUT2D eigenvalue weighted by Gasteiger charge is -2.15. The first-order valence-corrected chi connectivity index (χ1v) is 7.23. The zero-order valence-corrected chi connectivity index (χ0v) is 12.9. The predicted molar refractivity (Wildman–Crippen MR) is 82.4 cm³/mol. The summed E-state index contributed by atoms with van der Waals surface area (Å²) in [5.74, 6) is 1.34. The lowest BCUT2D eigenvalue weighted by atomic mass is 10.2. The molecule has 1 rings (SSSR count). The normalized spacial score (nSPS) is 12.8. The molecule has 20 heavy (non-hydrogen) atoms. The van der Waals surface area contributed by atoms with Gasteiger partial charge in [-0.05, 0) is 44.0 Å². The van der Waals surface area contributed by atoms with E-state index in [1.54, 1.807) is 0 Å². The van der Waals surface area contributed by atoms with E-state index in [-0.39, 0.29) is 6.10 Å². The van der Waals surface area contributed by atoms with Crippen molar-refractivity contribution in [1.82, 2.24) is 0 Å². The monoisotopic (exact) mass is 281 g/mol. The van der Waals surface area contributed by atoms with Crippen LogP contribution in [0.15, 0.2) is 24.3 Å². The van der Waals surface area contributed by atoms with E-state index in [4.69, 9.17) is 9.47 Å². The molecule has 1 aromatic rings. The number of hydrogen-bond acceptors (Lipinski definition) is 4. The highest BCUT2D eigenvalue weighted by atomic mass is 16.5. The van der Waals surface area contributed by atoms with Gasteiger partial charge >= 0.3 is 0 Å².